The molecule has 3 aromatic rings. The number of fused-ring (bicyclic) bond motifs is 3. The zero-order valence-electron chi connectivity index (χ0n) is 11.3. The molecule has 0 radical (unpaired) electrons. The Hall–Kier alpha value is -1.88. The molecule has 0 saturated carbocycles. The summed E-state index contributed by atoms with van der Waals surface area (Å²) in [7, 11) is 0. The lowest BCUT2D eigenvalue weighted by atomic mass is 10.2. The van der Waals surface area contributed by atoms with Crippen LogP contribution in [0.5, 0.6) is 0 Å². The summed E-state index contributed by atoms with van der Waals surface area (Å²) in [4.78, 5) is 4.61. The Morgan fingerprint density at radius 3 is 2.52 bits per heavy atom. The number of benzene rings is 2. The van der Waals surface area contributed by atoms with Gasteiger partial charge in [-0.1, -0.05) is 18.2 Å². The van der Waals surface area contributed by atoms with Crippen molar-refractivity contribution in [1.82, 2.24) is 9.55 Å². The van der Waals surface area contributed by atoms with Gasteiger partial charge >= 0.3 is 0 Å². The second kappa shape index (κ2) is 4.56. The lowest BCUT2D eigenvalue weighted by molar-refractivity contribution is 0.544. The van der Waals surface area contributed by atoms with E-state index < -0.39 is 17.0 Å². The van der Waals surface area contributed by atoms with Crippen LogP contribution < -0.4 is 0 Å². The van der Waals surface area contributed by atoms with Crippen molar-refractivity contribution in [3.05, 3.63) is 65.5 Å². The zero-order valence-corrected chi connectivity index (χ0v) is 12.1. The van der Waals surface area contributed by atoms with Gasteiger partial charge in [0.25, 0.3) is 0 Å². The summed E-state index contributed by atoms with van der Waals surface area (Å²) in [5.41, 5.74) is 1.88. The summed E-state index contributed by atoms with van der Waals surface area (Å²) in [5, 5.41) is -0.315. The van der Waals surface area contributed by atoms with Gasteiger partial charge in [-0.3, -0.25) is 0 Å². The molecule has 0 bridgehead atoms. The largest absolute Gasteiger partial charge is 0.310 e. The Morgan fingerprint density at radius 2 is 1.76 bits per heavy atom. The summed E-state index contributed by atoms with van der Waals surface area (Å²) in [6.45, 7) is 2.02. The Morgan fingerprint density at radius 1 is 1.05 bits per heavy atom. The standard InChI is InChI=1S/C16H12F2N2S/c1-9-15-19-12-7-2-3-8-13(12)20(15)16(21-9)14-10(17)5-4-6-11(14)18/h2-9,16H,1H3/t9-,16-/m0/s1. The van der Waals surface area contributed by atoms with E-state index >= 15 is 0 Å². The highest BCUT2D eigenvalue weighted by molar-refractivity contribution is 8.00. The van der Waals surface area contributed by atoms with E-state index in [2.05, 4.69) is 4.98 Å². The second-order valence-corrected chi connectivity index (χ2v) is 6.52. The lowest BCUT2D eigenvalue weighted by Gasteiger charge is -2.15. The van der Waals surface area contributed by atoms with Gasteiger partial charge in [0.05, 0.1) is 21.8 Å². The maximum atomic E-state index is 14.1. The van der Waals surface area contributed by atoms with Crippen LogP contribution in [0.25, 0.3) is 11.0 Å². The molecule has 0 N–H and O–H groups in total. The molecule has 1 aromatic heterocycles. The van der Waals surface area contributed by atoms with Gasteiger partial charge < -0.3 is 4.57 Å². The first-order valence-corrected chi connectivity index (χ1v) is 7.67. The van der Waals surface area contributed by atoms with Crippen LogP contribution in [0.15, 0.2) is 42.5 Å². The Kier molecular flexibility index (Phi) is 2.79. The number of imidazole rings is 1. The number of hydrogen-bond acceptors (Lipinski definition) is 2. The molecule has 0 spiro atoms. The third-order valence-corrected chi connectivity index (χ3v) is 5.12. The predicted molar refractivity (Wildman–Crippen MR) is 80.2 cm³/mol. The van der Waals surface area contributed by atoms with E-state index in [1.807, 2.05) is 35.8 Å². The smallest absolute Gasteiger partial charge is 0.132 e. The summed E-state index contributed by atoms with van der Waals surface area (Å²) < 4.78 is 30.2. The minimum Gasteiger partial charge on any atom is -0.310 e. The normalized spacial score (nSPS) is 20.9. The van der Waals surface area contributed by atoms with E-state index in [4.69, 9.17) is 0 Å². The van der Waals surface area contributed by atoms with Crippen molar-refractivity contribution < 1.29 is 8.78 Å². The van der Waals surface area contributed by atoms with E-state index in [9.17, 15) is 8.78 Å². The Bertz CT molecular complexity index is 823. The molecular formula is C16H12F2N2S. The molecular weight excluding hydrogens is 290 g/mol. The third kappa shape index (κ3) is 1.80. The van der Waals surface area contributed by atoms with Crippen LogP contribution in [0, 0.1) is 11.6 Å². The molecule has 0 amide bonds. The van der Waals surface area contributed by atoms with E-state index in [-0.39, 0.29) is 10.8 Å². The highest BCUT2D eigenvalue weighted by Crippen LogP contribution is 2.51. The number of para-hydroxylation sites is 2. The molecule has 106 valence electrons. The van der Waals surface area contributed by atoms with E-state index in [0.29, 0.717) is 0 Å². The number of hydrogen-bond donors (Lipinski definition) is 0. The van der Waals surface area contributed by atoms with Crippen molar-refractivity contribution in [3.63, 3.8) is 0 Å². The number of thioether (sulfide) groups is 1. The number of halogens is 2. The first-order valence-electron chi connectivity index (χ1n) is 6.73. The molecule has 1 aliphatic heterocycles. The van der Waals surface area contributed by atoms with Crippen molar-refractivity contribution in [3.8, 4) is 0 Å². The minimum atomic E-state index is -0.509. The molecule has 2 heterocycles. The topological polar surface area (TPSA) is 17.8 Å². The SMILES string of the molecule is C[C@@H]1S[C@@H](c2c(F)cccc2F)n2c1nc1ccccc12. The van der Waals surface area contributed by atoms with Crippen molar-refractivity contribution in [2.24, 2.45) is 0 Å². The van der Waals surface area contributed by atoms with Gasteiger partial charge in [0.2, 0.25) is 0 Å². The molecule has 0 unspecified atom stereocenters. The average Bonchev–Trinajstić information content (AvgIpc) is 2.98. The zero-order chi connectivity index (χ0) is 14.6. The molecule has 0 aliphatic carbocycles. The van der Waals surface area contributed by atoms with Crippen LogP contribution in [0.1, 0.15) is 28.9 Å². The van der Waals surface area contributed by atoms with Gasteiger partial charge in [-0.2, -0.15) is 0 Å². The van der Waals surface area contributed by atoms with Crippen LogP contribution in [0.4, 0.5) is 8.78 Å². The van der Waals surface area contributed by atoms with Crippen molar-refractivity contribution >= 4 is 22.8 Å². The van der Waals surface area contributed by atoms with Crippen LogP contribution in [-0.2, 0) is 0 Å². The summed E-state index contributed by atoms with van der Waals surface area (Å²) >= 11 is 1.52. The fourth-order valence-corrected chi connectivity index (χ4v) is 4.23. The maximum absolute atomic E-state index is 14.1. The highest BCUT2D eigenvalue weighted by Gasteiger charge is 2.35. The van der Waals surface area contributed by atoms with Gasteiger partial charge in [0.1, 0.15) is 22.8 Å². The number of aromatic nitrogens is 2. The van der Waals surface area contributed by atoms with Crippen molar-refractivity contribution in [2.45, 2.75) is 17.5 Å². The van der Waals surface area contributed by atoms with Gasteiger partial charge in [0, 0.05) is 0 Å². The molecule has 0 saturated heterocycles. The fraction of sp³-hybridized carbons (Fsp3) is 0.188. The third-order valence-electron chi connectivity index (χ3n) is 3.80. The quantitative estimate of drug-likeness (QED) is 0.650. The lowest BCUT2D eigenvalue weighted by Crippen LogP contribution is -2.08. The van der Waals surface area contributed by atoms with Gasteiger partial charge in [-0.05, 0) is 31.2 Å². The van der Waals surface area contributed by atoms with E-state index in [1.54, 1.807) is 0 Å². The first-order chi connectivity index (χ1) is 10.2. The van der Waals surface area contributed by atoms with Crippen LogP contribution >= 0.6 is 11.8 Å². The molecule has 0 fully saturated rings. The predicted octanol–water partition coefficient (Wildman–Crippen LogP) is 4.67. The maximum Gasteiger partial charge on any atom is 0.132 e. The van der Waals surface area contributed by atoms with Gasteiger partial charge in [-0.15, -0.1) is 11.8 Å². The van der Waals surface area contributed by atoms with Crippen molar-refractivity contribution in [2.75, 3.05) is 0 Å². The number of rotatable bonds is 1. The van der Waals surface area contributed by atoms with Crippen LogP contribution in [0.2, 0.25) is 0 Å². The summed E-state index contributed by atoms with van der Waals surface area (Å²) in [6, 6.07) is 11.7. The molecule has 2 nitrogen and oxygen atoms in total. The fourth-order valence-electron chi connectivity index (χ4n) is 2.86. The summed E-state index contributed by atoms with van der Waals surface area (Å²) in [5.74, 6) is -0.149. The van der Waals surface area contributed by atoms with Gasteiger partial charge in [-0.25, -0.2) is 13.8 Å². The molecule has 2 atom stereocenters. The minimum absolute atomic E-state index is 0.0985. The molecule has 1 aliphatic rings. The average molecular weight is 302 g/mol. The summed E-state index contributed by atoms with van der Waals surface area (Å²) in [6.07, 6.45) is 0. The Balaban J connectivity index is 1.99. The second-order valence-electron chi connectivity index (χ2n) is 5.09. The molecule has 5 heteroatoms. The highest BCUT2D eigenvalue weighted by atomic mass is 32.2. The molecule has 21 heavy (non-hydrogen) atoms. The first kappa shape index (κ1) is 12.8. The van der Waals surface area contributed by atoms with E-state index in [0.717, 1.165) is 16.9 Å². The van der Waals surface area contributed by atoms with Crippen molar-refractivity contribution in [1.29, 1.82) is 0 Å². The van der Waals surface area contributed by atoms with Crippen LogP contribution in [-0.4, -0.2) is 9.55 Å². The Labute approximate surface area is 124 Å². The monoisotopic (exact) mass is 302 g/mol. The number of nitrogens with zero attached hydrogens (tertiary/aromatic N) is 2. The van der Waals surface area contributed by atoms with Crippen LogP contribution in [0.3, 0.4) is 0 Å². The van der Waals surface area contributed by atoms with E-state index in [1.165, 1.54) is 30.0 Å². The molecule has 4 rings (SSSR count). The van der Waals surface area contributed by atoms with Gasteiger partial charge in [0.15, 0.2) is 0 Å². The molecule has 2 aromatic carbocycles.